The molecule has 4 heteroatoms. The minimum atomic E-state index is 0.268. The van der Waals surface area contributed by atoms with Crippen molar-refractivity contribution in [3.63, 3.8) is 0 Å². The zero-order valence-corrected chi connectivity index (χ0v) is 11.8. The van der Waals surface area contributed by atoms with Crippen LogP contribution in [-0.2, 0) is 11.3 Å². The Morgan fingerprint density at radius 3 is 2.63 bits per heavy atom. The third kappa shape index (κ3) is 2.69. The van der Waals surface area contributed by atoms with Crippen molar-refractivity contribution in [2.24, 2.45) is 5.73 Å². The first kappa shape index (κ1) is 13.8. The van der Waals surface area contributed by atoms with E-state index < -0.39 is 0 Å². The van der Waals surface area contributed by atoms with Gasteiger partial charge in [-0.15, -0.1) is 0 Å². The lowest BCUT2D eigenvalue weighted by molar-refractivity contribution is 0.183. The molecule has 1 aromatic carbocycles. The molecule has 102 valence electrons. The average molecular weight is 259 g/mol. The Bertz CT molecular complexity index is 556. The number of likely N-dealkylation sites (N-methyl/N-ethyl adjacent to an activating group) is 1. The Kier molecular flexibility index (Phi) is 4.35. The molecule has 0 fully saturated rings. The molecule has 0 aliphatic rings. The lowest BCUT2D eigenvalue weighted by Crippen LogP contribution is -2.33. The molecule has 0 amide bonds. The number of fused-ring (bicyclic) bond motifs is 1. The SMILES string of the molecule is COCC(C)N(C)c1ncc(CN)c2ccccc12. The summed E-state index contributed by atoms with van der Waals surface area (Å²) < 4.78 is 5.21. The summed E-state index contributed by atoms with van der Waals surface area (Å²) in [5.41, 5.74) is 6.85. The normalized spacial score (nSPS) is 12.6. The zero-order valence-electron chi connectivity index (χ0n) is 11.8. The molecular weight excluding hydrogens is 238 g/mol. The third-order valence-corrected chi connectivity index (χ3v) is 3.48. The Balaban J connectivity index is 2.50. The smallest absolute Gasteiger partial charge is 0.136 e. The van der Waals surface area contributed by atoms with Gasteiger partial charge in [-0.2, -0.15) is 0 Å². The van der Waals surface area contributed by atoms with Crippen LogP contribution in [-0.4, -0.2) is 31.8 Å². The molecule has 4 nitrogen and oxygen atoms in total. The number of aromatic nitrogens is 1. The van der Waals surface area contributed by atoms with Crippen LogP contribution in [0.2, 0.25) is 0 Å². The predicted octanol–water partition coefficient (Wildman–Crippen LogP) is 2.16. The number of nitrogens with zero attached hydrogens (tertiary/aromatic N) is 2. The second kappa shape index (κ2) is 5.99. The maximum Gasteiger partial charge on any atom is 0.136 e. The summed E-state index contributed by atoms with van der Waals surface area (Å²) in [6.07, 6.45) is 1.87. The van der Waals surface area contributed by atoms with E-state index >= 15 is 0 Å². The highest BCUT2D eigenvalue weighted by atomic mass is 16.5. The second-order valence-corrected chi connectivity index (χ2v) is 4.77. The van der Waals surface area contributed by atoms with Gasteiger partial charge < -0.3 is 15.4 Å². The van der Waals surface area contributed by atoms with Crippen LogP contribution >= 0.6 is 0 Å². The van der Waals surface area contributed by atoms with E-state index in [0.717, 1.165) is 16.8 Å². The van der Waals surface area contributed by atoms with Gasteiger partial charge in [0.1, 0.15) is 5.82 Å². The first-order valence-electron chi connectivity index (χ1n) is 6.47. The van der Waals surface area contributed by atoms with Crippen LogP contribution in [0, 0.1) is 0 Å². The lowest BCUT2D eigenvalue weighted by atomic mass is 10.1. The Morgan fingerprint density at radius 2 is 2.00 bits per heavy atom. The van der Waals surface area contributed by atoms with E-state index in [1.165, 1.54) is 5.39 Å². The topological polar surface area (TPSA) is 51.4 Å². The van der Waals surface area contributed by atoms with Gasteiger partial charge in [-0.1, -0.05) is 24.3 Å². The molecule has 2 aromatic rings. The Hall–Kier alpha value is -1.65. The van der Waals surface area contributed by atoms with E-state index in [9.17, 15) is 0 Å². The first-order valence-corrected chi connectivity index (χ1v) is 6.47. The molecule has 19 heavy (non-hydrogen) atoms. The van der Waals surface area contributed by atoms with Crippen LogP contribution in [0.15, 0.2) is 30.5 Å². The number of benzene rings is 1. The quantitative estimate of drug-likeness (QED) is 0.894. The fourth-order valence-electron chi connectivity index (χ4n) is 2.24. The number of anilines is 1. The monoisotopic (exact) mass is 259 g/mol. The van der Waals surface area contributed by atoms with E-state index in [0.29, 0.717) is 13.2 Å². The minimum absolute atomic E-state index is 0.268. The third-order valence-electron chi connectivity index (χ3n) is 3.48. The van der Waals surface area contributed by atoms with E-state index in [4.69, 9.17) is 10.5 Å². The molecule has 0 bridgehead atoms. The van der Waals surface area contributed by atoms with Crippen molar-refractivity contribution in [2.45, 2.75) is 19.5 Å². The molecule has 2 rings (SSSR count). The van der Waals surface area contributed by atoms with Crippen LogP contribution in [0.1, 0.15) is 12.5 Å². The standard InChI is InChI=1S/C15H21N3O/c1-11(10-19-3)18(2)15-14-7-5-4-6-13(14)12(8-16)9-17-15/h4-7,9,11H,8,10,16H2,1-3H3. The molecule has 1 unspecified atom stereocenters. The number of hydrogen-bond donors (Lipinski definition) is 1. The molecular formula is C15H21N3O. The van der Waals surface area contributed by atoms with Crippen molar-refractivity contribution >= 4 is 16.6 Å². The highest BCUT2D eigenvalue weighted by molar-refractivity contribution is 5.94. The van der Waals surface area contributed by atoms with Crippen molar-refractivity contribution in [2.75, 3.05) is 25.7 Å². The minimum Gasteiger partial charge on any atom is -0.383 e. The van der Waals surface area contributed by atoms with Gasteiger partial charge in [0.15, 0.2) is 0 Å². The first-order chi connectivity index (χ1) is 9.19. The van der Waals surface area contributed by atoms with Gasteiger partial charge in [0.25, 0.3) is 0 Å². The van der Waals surface area contributed by atoms with Gasteiger partial charge in [0, 0.05) is 32.3 Å². The molecule has 2 N–H and O–H groups in total. The molecule has 1 aromatic heterocycles. The maximum absolute atomic E-state index is 5.78. The number of rotatable bonds is 5. The molecule has 1 heterocycles. The highest BCUT2D eigenvalue weighted by Crippen LogP contribution is 2.27. The summed E-state index contributed by atoms with van der Waals surface area (Å²) in [4.78, 5) is 6.72. The number of hydrogen-bond acceptors (Lipinski definition) is 4. The number of nitrogens with two attached hydrogens (primary N) is 1. The van der Waals surface area contributed by atoms with Crippen molar-refractivity contribution in [1.29, 1.82) is 0 Å². The number of ether oxygens (including phenoxy) is 1. The van der Waals surface area contributed by atoms with E-state index in [2.05, 4.69) is 28.9 Å². The van der Waals surface area contributed by atoms with Gasteiger partial charge >= 0.3 is 0 Å². The van der Waals surface area contributed by atoms with Gasteiger partial charge in [-0.05, 0) is 17.9 Å². The van der Waals surface area contributed by atoms with E-state index in [1.54, 1.807) is 7.11 Å². The Morgan fingerprint density at radius 1 is 1.32 bits per heavy atom. The molecule has 0 aliphatic carbocycles. The summed E-state index contributed by atoms with van der Waals surface area (Å²) in [6.45, 7) is 3.30. The average Bonchev–Trinajstić information content (AvgIpc) is 2.45. The largest absolute Gasteiger partial charge is 0.383 e. The highest BCUT2D eigenvalue weighted by Gasteiger charge is 2.15. The van der Waals surface area contributed by atoms with E-state index in [1.807, 2.05) is 25.4 Å². The molecule has 0 spiro atoms. The maximum atomic E-state index is 5.78. The molecule has 1 atom stereocenters. The van der Waals surface area contributed by atoms with Crippen molar-refractivity contribution in [1.82, 2.24) is 4.98 Å². The second-order valence-electron chi connectivity index (χ2n) is 4.77. The van der Waals surface area contributed by atoms with Crippen LogP contribution < -0.4 is 10.6 Å². The van der Waals surface area contributed by atoms with Crippen LogP contribution in [0.5, 0.6) is 0 Å². The van der Waals surface area contributed by atoms with Gasteiger partial charge in [0.2, 0.25) is 0 Å². The summed E-state index contributed by atoms with van der Waals surface area (Å²) in [5, 5.41) is 2.31. The number of pyridine rings is 1. The van der Waals surface area contributed by atoms with Crippen molar-refractivity contribution in [3.05, 3.63) is 36.0 Å². The van der Waals surface area contributed by atoms with Crippen LogP contribution in [0.4, 0.5) is 5.82 Å². The molecule has 0 saturated heterocycles. The van der Waals surface area contributed by atoms with E-state index in [-0.39, 0.29) is 6.04 Å². The molecule has 0 aliphatic heterocycles. The Labute approximate surface area is 114 Å². The fourth-order valence-corrected chi connectivity index (χ4v) is 2.24. The van der Waals surface area contributed by atoms with Crippen LogP contribution in [0.25, 0.3) is 10.8 Å². The van der Waals surface area contributed by atoms with Gasteiger partial charge in [-0.25, -0.2) is 4.98 Å². The van der Waals surface area contributed by atoms with Crippen molar-refractivity contribution < 1.29 is 4.74 Å². The van der Waals surface area contributed by atoms with Crippen LogP contribution in [0.3, 0.4) is 0 Å². The lowest BCUT2D eigenvalue weighted by Gasteiger charge is -2.26. The fraction of sp³-hybridized carbons (Fsp3) is 0.400. The van der Waals surface area contributed by atoms with Gasteiger partial charge in [-0.3, -0.25) is 0 Å². The summed E-state index contributed by atoms with van der Waals surface area (Å²) in [7, 11) is 3.76. The van der Waals surface area contributed by atoms with Gasteiger partial charge in [0.05, 0.1) is 12.6 Å². The summed E-state index contributed by atoms with van der Waals surface area (Å²) in [5.74, 6) is 0.970. The number of methoxy groups -OCH3 is 1. The molecule has 0 radical (unpaired) electrons. The summed E-state index contributed by atoms with van der Waals surface area (Å²) >= 11 is 0. The summed E-state index contributed by atoms with van der Waals surface area (Å²) in [6, 6.07) is 8.52. The molecule has 0 saturated carbocycles. The van der Waals surface area contributed by atoms with Crippen molar-refractivity contribution in [3.8, 4) is 0 Å². The predicted molar refractivity (Wildman–Crippen MR) is 79.4 cm³/mol. The zero-order chi connectivity index (χ0) is 13.8.